The van der Waals surface area contributed by atoms with E-state index in [1.807, 2.05) is 27.7 Å². The molecule has 1 aromatic heterocycles. The molecule has 0 saturated heterocycles. The van der Waals surface area contributed by atoms with Crippen LogP contribution in [-0.2, 0) is 46.4 Å². The lowest BCUT2D eigenvalue weighted by Gasteiger charge is -2.28. The molecule has 7 amide bonds. The summed E-state index contributed by atoms with van der Waals surface area (Å²) < 4.78 is 0. The van der Waals surface area contributed by atoms with E-state index in [1.165, 1.54) is 24.7 Å². The number of nitrogens with two attached hydrogens (primary N) is 7. The van der Waals surface area contributed by atoms with Gasteiger partial charge >= 0.3 is 0 Å². The molecule has 23 N–H and O–H groups in total. The number of carbonyl (C=O) groups excluding carboxylic acids is 7. The number of aliphatic imine (C=N–C) groups is 3. The van der Waals surface area contributed by atoms with E-state index < -0.39 is 83.6 Å². The minimum Gasteiger partial charge on any atom is -0.508 e. The van der Waals surface area contributed by atoms with E-state index in [9.17, 15) is 38.7 Å². The molecule has 27 heteroatoms. The largest absolute Gasteiger partial charge is 0.508 e. The monoisotopic (exact) mass is 1030 g/mol. The zero-order valence-corrected chi connectivity index (χ0v) is 42.5. The predicted molar refractivity (Wildman–Crippen MR) is 276 cm³/mol. The Morgan fingerprint density at radius 2 is 0.904 bits per heavy atom. The Morgan fingerprint density at radius 3 is 1.29 bits per heavy atom. The summed E-state index contributed by atoms with van der Waals surface area (Å²) in [6.07, 6.45) is 3.79. The predicted octanol–water partition coefficient (Wildman–Crippen LogP) is -3.86. The average molecular weight is 1030 g/mol. The number of amides is 7. The smallest absolute Gasteiger partial charge is 0.243 e. The topological polar surface area (TPSA) is 472 Å². The van der Waals surface area contributed by atoms with Crippen LogP contribution in [0.4, 0.5) is 0 Å². The van der Waals surface area contributed by atoms with Crippen molar-refractivity contribution in [3.8, 4) is 5.75 Å². The number of phenols is 1. The highest BCUT2D eigenvalue weighted by molar-refractivity contribution is 5.97. The zero-order valence-electron chi connectivity index (χ0n) is 42.5. The van der Waals surface area contributed by atoms with Gasteiger partial charge in [0.25, 0.3) is 0 Å². The molecular formula is C46H79N19O8. The maximum absolute atomic E-state index is 14.5. The third kappa shape index (κ3) is 24.8. The first-order valence-corrected chi connectivity index (χ1v) is 24.2. The van der Waals surface area contributed by atoms with Gasteiger partial charge in [-0.15, -0.1) is 0 Å². The molecule has 0 aliphatic rings. The summed E-state index contributed by atoms with van der Waals surface area (Å²) >= 11 is 0. The van der Waals surface area contributed by atoms with Crippen molar-refractivity contribution in [3.63, 3.8) is 0 Å². The number of likely N-dealkylation sites (N-methyl/N-ethyl adjacent to an activating group) is 1. The molecule has 7 atom stereocenters. The van der Waals surface area contributed by atoms with Gasteiger partial charge in [-0.1, -0.05) is 39.8 Å². The van der Waals surface area contributed by atoms with Crippen molar-refractivity contribution in [2.45, 2.75) is 134 Å². The van der Waals surface area contributed by atoms with Gasteiger partial charge in [0.15, 0.2) is 17.9 Å². The molecule has 27 nitrogen and oxygen atoms in total. The van der Waals surface area contributed by atoms with Crippen LogP contribution in [-0.4, -0.2) is 143 Å². The van der Waals surface area contributed by atoms with Crippen LogP contribution < -0.4 is 77.4 Å². The van der Waals surface area contributed by atoms with Crippen LogP contribution >= 0.6 is 0 Å². The van der Waals surface area contributed by atoms with E-state index in [-0.39, 0.29) is 119 Å². The summed E-state index contributed by atoms with van der Waals surface area (Å²) in [5.41, 5.74) is 40.0. The highest BCUT2D eigenvalue weighted by atomic mass is 16.3. The second-order valence-electron chi connectivity index (χ2n) is 18.4. The van der Waals surface area contributed by atoms with E-state index in [4.69, 9.17) is 40.1 Å². The maximum Gasteiger partial charge on any atom is 0.243 e. The van der Waals surface area contributed by atoms with Crippen LogP contribution in [0.2, 0.25) is 0 Å². The first-order chi connectivity index (χ1) is 34.5. The summed E-state index contributed by atoms with van der Waals surface area (Å²) in [6, 6.07) is -1.97. The van der Waals surface area contributed by atoms with Crippen LogP contribution in [0.1, 0.15) is 90.3 Å². The summed E-state index contributed by atoms with van der Waals surface area (Å²) in [6.45, 7) is 7.64. The van der Waals surface area contributed by atoms with E-state index >= 15 is 0 Å². The maximum atomic E-state index is 14.5. The normalized spacial score (nSPS) is 13.9. The van der Waals surface area contributed by atoms with Gasteiger partial charge in [0.2, 0.25) is 41.4 Å². The number of H-pyrrole nitrogens is 1. The zero-order chi connectivity index (χ0) is 54.6. The standard InChI is InChI=1S/C46H79N19O8/c1-25(2)19-33(37(47)67)63-42(72)35(20-26(3)4)64-39(69)31(10-7-17-57-45(50)51)60-38(68)30(9-6-16-56-44(48)49)62-43(73)36(22-28-23-55-24-59-28)65-40(70)32(11-8-18-58-46(52)53)61-41(71)34(54-5)21-27-12-14-29(66)15-13-27/h12-15,23-26,30-36,54,66H,6-11,16-22H2,1-5H3,(H2,47,67)(H,55,59)(H,60,68)(H,61,71)(H,62,73)(H,63,72)(H,64,69)(H,65,70)(H4,48,49,56)(H4,50,51,57)(H4,52,53,58)/t30-,31-,32-,33-,34-,35-,36-/m0/s1. The van der Waals surface area contributed by atoms with Crippen molar-refractivity contribution < 1.29 is 38.7 Å². The number of primary amides is 1. The number of nitrogens with zero attached hydrogens (tertiary/aromatic N) is 4. The number of hydrogen-bond acceptors (Lipinski definition) is 13. The molecule has 0 aliphatic carbocycles. The summed E-state index contributed by atoms with van der Waals surface area (Å²) in [5.74, 6) is -5.74. The van der Waals surface area contributed by atoms with Crippen LogP contribution in [0.15, 0.2) is 51.8 Å². The number of aromatic amines is 1. The van der Waals surface area contributed by atoms with Crippen molar-refractivity contribution in [2.75, 3.05) is 26.7 Å². The van der Waals surface area contributed by atoms with E-state index in [0.29, 0.717) is 5.69 Å². The molecule has 0 unspecified atom stereocenters. The molecule has 73 heavy (non-hydrogen) atoms. The van der Waals surface area contributed by atoms with E-state index in [1.54, 1.807) is 19.2 Å². The van der Waals surface area contributed by atoms with Gasteiger partial charge in [0.05, 0.1) is 12.4 Å². The molecule has 2 aromatic rings. The Bertz CT molecular complexity index is 2160. The van der Waals surface area contributed by atoms with Crippen molar-refractivity contribution >= 4 is 59.2 Å². The first-order valence-electron chi connectivity index (χ1n) is 24.2. The van der Waals surface area contributed by atoms with Gasteiger partial charge in [0, 0.05) is 37.9 Å². The third-order valence-corrected chi connectivity index (χ3v) is 11.1. The van der Waals surface area contributed by atoms with Gasteiger partial charge in [-0.2, -0.15) is 0 Å². The quantitative estimate of drug-likeness (QED) is 0.0181. The Kier molecular flexibility index (Phi) is 27.2. The van der Waals surface area contributed by atoms with Gasteiger partial charge < -0.3 is 87.4 Å². The molecule has 0 spiro atoms. The molecule has 0 saturated carbocycles. The second-order valence-corrected chi connectivity index (χ2v) is 18.4. The Morgan fingerprint density at radius 1 is 0.534 bits per heavy atom. The van der Waals surface area contributed by atoms with Gasteiger partial charge in [-0.05, 0) is 94.4 Å². The second kappa shape index (κ2) is 32.3. The van der Waals surface area contributed by atoms with Crippen molar-refractivity contribution in [3.05, 3.63) is 48.0 Å². The summed E-state index contributed by atoms with van der Waals surface area (Å²) in [5, 5.41) is 29.0. The third-order valence-electron chi connectivity index (χ3n) is 11.1. The number of carbonyl (C=O) groups is 7. The molecule has 2 rings (SSSR count). The minimum atomic E-state index is -1.39. The minimum absolute atomic E-state index is 0.00332. The number of aromatic hydroxyl groups is 1. The van der Waals surface area contributed by atoms with Crippen molar-refractivity contribution in [1.82, 2.24) is 47.2 Å². The molecule has 1 aromatic carbocycles. The number of hydrogen-bond donors (Lipinski definition) is 16. The van der Waals surface area contributed by atoms with E-state index in [0.717, 1.165) is 5.56 Å². The first kappa shape index (κ1) is 61.4. The van der Waals surface area contributed by atoms with Gasteiger partial charge in [-0.25, -0.2) is 4.98 Å². The van der Waals surface area contributed by atoms with Crippen molar-refractivity contribution in [2.24, 2.45) is 66.9 Å². The van der Waals surface area contributed by atoms with Crippen LogP contribution in [0.5, 0.6) is 5.75 Å². The van der Waals surface area contributed by atoms with Gasteiger partial charge in [-0.3, -0.25) is 48.5 Å². The van der Waals surface area contributed by atoms with E-state index in [2.05, 4.69) is 62.2 Å². The molecule has 0 aliphatic heterocycles. The molecule has 0 bridgehead atoms. The lowest BCUT2D eigenvalue weighted by atomic mass is 9.99. The van der Waals surface area contributed by atoms with Crippen LogP contribution in [0, 0.1) is 11.8 Å². The summed E-state index contributed by atoms with van der Waals surface area (Å²) in [7, 11) is 1.58. The van der Waals surface area contributed by atoms with Crippen molar-refractivity contribution in [1.29, 1.82) is 0 Å². The van der Waals surface area contributed by atoms with Crippen LogP contribution in [0.25, 0.3) is 0 Å². The number of nitrogens with one attached hydrogen (secondary N) is 8. The fraction of sp³-hybridized carbons (Fsp3) is 0.587. The highest BCUT2D eigenvalue weighted by Crippen LogP contribution is 2.14. The average Bonchev–Trinajstić information content (AvgIpc) is 3.83. The fourth-order valence-corrected chi connectivity index (χ4v) is 7.39. The van der Waals surface area contributed by atoms with Gasteiger partial charge in [0.1, 0.15) is 42.0 Å². The molecule has 0 radical (unpaired) electrons. The lowest BCUT2D eigenvalue weighted by molar-refractivity contribution is -0.135. The fourth-order valence-electron chi connectivity index (χ4n) is 7.39. The number of aromatic nitrogens is 2. The number of imidazole rings is 1. The molecular weight excluding hydrogens is 947 g/mol. The Balaban J connectivity index is 2.53. The number of phenolic OH excluding ortho intramolecular Hbond substituents is 1. The Labute approximate surface area is 425 Å². The molecule has 0 fully saturated rings. The highest BCUT2D eigenvalue weighted by Gasteiger charge is 2.34. The Hall–Kier alpha value is -7.71. The summed E-state index contributed by atoms with van der Waals surface area (Å²) in [4.78, 5) is 116. The van der Waals surface area contributed by atoms with Crippen LogP contribution in [0.3, 0.4) is 0 Å². The number of benzene rings is 1. The SMILES string of the molecule is CN[C@@H](Cc1ccc(O)cc1)C(=O)N[C@@H](CCCN=C(N)N)C(=O)N[C@@H](Cc1cnc[nH]1)C(=O)N[C@@H](CCCN=C(N)N)C(=O)N[C@@H](CCCN=C(N)N)C(=O)N[C@@H](CC(C)C)C(=O)N[C@@H](CC(C)C)C(N)=O. The number of rotatable bonds is 34. The number of guanidine groups is 3. The molecule has 406 valence electrons. The lowest BCUT2D eigenvalue weighted by Crippen LogP contribution is -2.60. The molecule has 1 heterocycles.